The van der Waals surface area contributed by atoms with E-state index in [1.165, 1.54) is 12.1 Å². The molecule has 0 bridgehead atoms. The summed E-state index contributed by atoms with van der Waals surface area (Å²) in [6.45, 7) is 0. The van der Waals surface area contributed by atoms with Gasteiger partial charge >= 0.3 is 0 Å². The van der Waals surface area contributed by atoms with Gasteiger partial charge in [-0.2, -0.15) is 0 Å². The summed E-state index contributed by atoms with van der Waals surface area (Å²) < 4.78 is 13.3. The van der Waals surface area contributed by atoms with Gasteiger partial charge in [-0.05, 0) is 42.5 Å². The number of rotatable bonds is 4. The molecule has 0 atom stereocenters. The minimum absolute atomic E-state index is 0.321. The molecule has 4 nitrogen and oxygen atoms in total. The SMILES string of the molecule is O=C(Nc1ccccc1Cl)c1cccnc1Nc1cccc(F)c1. The first-order valence-corrected chi connectivity index (χ1v) is 7.55. The number of carbonyl (C=O) groups excluding carboxylic acids is 1. The Hall–Kier alpha value is -2.92. The first-order chi connectivity index (χ1) is 11.6. The van der Waals surface area contributed by atoms with E-state index in [1.807, 2.05) is 0 Å². The maximum Gasteiger partial charge on any atom is 0.259 e. The number of hydrogen-bond donors (Lipinski definition) is 2. The molecule has 0 aliphatic carbocycles. The van der Waals surface area contributed by atoms with Crippen LogP contribution in [0.4, 0.5) is 21.6 Å². The van der Waals surface area contributed by atoms with Crippen LogP contribution < -0.4 is 10.6 Å². The van der Waals surface area contributed by atoms with Gasteiger partial charge in [0.05, 0.1) is 16.3 Å². The third-order valence-corrected chi connectivity index (χ3v) is 3.59. The Morgan fingerprint density at radius 3 is 2.67 bits per heavy atom. The molecule has 1 amide bonds. The fraction of sp³-hybridized carbons (Fsp3) is 0. The Labute approximate surface area is 143 Å². The summed E-state index contributed by atoms with van der Waals surface area (Å²) in [5, 5.41) is 6.13. The number of benzene rings is 2. The summed E-state index contributed by atoms with van der Waals surface area (Å²) in [6.07, 6.45) is 1.55. The van der Waals surface area contributed by atoms with Gasteiger partial charge in [-0.15, -0.1) is 0 Å². The number of amides is 1. The van der Waals surface area contributed by atoms with E-state index in [1.54, 1.807) is 54.7 Å². The highest BCUT2D eigenvalue weighted by Gasteiger charge is 2.14. The second-order valence-corrected chi connectivity index (χ2v) is 5.38. The molecule has 0 spiro atoms. The van der Waals surface area contributed by atoms with Gasteiger partial charge in [0, 0.05) is 11.9 Å². The molecule has 1 heterocycles. The fourth-order valence-electron chi connectivity index (χ4n) is 2.14. The Morgan fingerprint density at radius 2 is 1.88 bits per heavy atom. The maximum atomic E-state index is 13.3. The number of pyridine rings is 1. The Bertz CT molecular complexity index is 885. The smallest absolute Gasteiger partial charge is 0.259 e. The van der Waals surface area contributed by atoms with Gasteiger partial charge in [0.1, 0.15) is 11.6 Å². The quantitative estimate of drug-likeness (QED) is 0.711. The zero-order valence-electron chi connectivity index (χ0n) is 12.5. The predicted molar refractivity (Wildman–Crippen MR) is 93.3 cm³/mol. The number of nitrogens with one attached hydrogen (secondary N) is 2. The van der Waals surface area contributed by atoms with Gasteiger partial charge in [-0.25, -0.2) is 9.37 Å². The Kier molecular flexibility index (Phi) is 4.72. The topological polar surface area (TPSA) is 54.0 Å². The van der Waals surface area contributed by atoms with E-state index >= 15 is 0 Å². The van der Waals surface area contributed by atoms with Gasteiger partial charge in [0.15, 0.2) is 0 Å². The molecule has 0 aliphatic rings. The van der Waals surface area contributed by atoms with Crippen LogP contribution >= 0.6 is 11.6 Å². The lowest BCUT2D eigenvalue weighted by Crippen LogP contribution is -2.15. The summed E-state index contributed by atoms with van der Waals surface area (Å²) in [5.41, 5.74) is 1.33. The first-order valence-electron chi connectivity index (χ1n) is 7.17. The van der Waals surface area contributed by atoms with Crippen molar-refractivity contribution < 1.29 is 9.18 Å². The molecule has 3 rings (SSSR count). The molecule has 2 N–H and O–H groups in total. The van der Waals surface area contributed by atoms with E-state index in [0.29, 0.717) is 27.8 Å². The molecule has 0 fully saturated rings. The molecule has 24 heavy (non-hydrogen) atoms. The molecule has 0 unspecified atom stereocenters. The zero-order valence-corrected chi connectivity index (χ0v) is 13.2. The maximum absolute atomic E-state index is 13.3. The Morgan fingerprint density at radius 1 is 1.04 bits per heavy atom. The standard InChI is InChI=1S/C18H13ClFN3O/c19-15-8-1-2-9-16(15)23-18(24)14-7-4-10-21-17(14)22-13-6-3-5-12(20)11-13/h1-11H,(H,21,22)(H,23,24). The van der Waals surface area contributed by atoms with Crippen LogP contribution in [0.2, 0.25) is 5.02 Å². The van der Waals surface area contributed by atoms with Crippen molar-refractivity contribution in [2.45, 2.75) is 0 Å². The number of hydrogen-bond acceptors (Lipinski definition) is 3. The van der Waals surface area contributed by atoms with Crippen molar-refractivity contribution >= 4 is 34.7 Å². The normalized spacial score (nSPS) is 10.2. The summed E-state index contributed by atoms with van der Waals surface area (Å²) in [6, 6.07) is 16.1. The molecular weight excluding hydrogens is 329 g/mol. The van der Waals surface area contributed by atoms with Crippen molar-refractivity contribution in [2.24, 2.45) is 0 Å². The van der Waals surface area contributed by atoms with Crippen molar-refractivity contribution in [1.29, 1.82) is 0 Å². The minimum atomic E-state index is -0.377. The number of aromatic nitrogens is 1. The van der Waals surface area contributed by atoms with Crippen LogP contribution in [0.3, 0.4) is 0 Å². The Balaban J connectivity index is 1.86. The molecule has 6 heteroatoms. The average Bonchev–Trinajstić information content (AvgIpc) is 2.57. The van der Waals surface area contributed by atoms with Gasteiger partial charge < -0.3 is 10.6 Å². The van der Waals surface area contributed by atoms with Crippen molar-refractivity contribution in [1.82, 2.24) is 4.98 Å². The van der Waals surface area contributed by atoms with Crippen molar-refractivity contribution in [3.05, 3.63) is 83.3 Å². The van der Waals surface area contributed by atoms with E-state index in [0.717, 1.165) is 0 Å². The number of nitrogens with zero attached hydrogens (tertiary/aromatic N) is 1. The average molecular weight is 342 g/mol. The lowest BCUT2D eigenvalue weighted by molar-refractivity contribution is 0.102. The molecule has 0 aliphatic heterocycles. The number of anilines is 3. The molecule has 0 saturated heterocycles. The van der Waals surface area contributed by atoms with Gasteiger partial charge in [0.2, 0.25) is 0 Å². The summed E-state index contributed by atoms with van der Waals surface area (Å²) in [7, 11) is 0. The third kappa shape index (κ3) is 3.70. The monoisotopic (exact) mass is 341 g/mol. The van der Waals surface area contributed by atoms with E-state index < -0.39 is 0 Å². The molecule has 2 aromatic carbocycles. The van der Waals surface area contributed by atoms with Crippen LogP contribution in [-0.2, 0) is 0 Å². The van der Waals surface area contributed by atoms with Gasteiger partial charge in [-0.3, -0.25) is 4.79 Å². The van der Waals surface area contributed by atoms with Crippen LogP contribution in [0.25, 0.3) is 0 Å². The van der Waals surface area contributed by atoms with Gasteiger partial charge in [0.25, 0.3) is 5.91 Å². The highest BCUT2D eigenvalue weighted by atomic mass is 35.5. The highest BCUT2D eigenvalue weighted by molar-refractivity contribution is 6.34. The van der Waals surface area contributed by atoms with Gasteiger partial charge in [-0.1, -0.05) is 29.8 Å². The predicted octanol–water partition coefficient (Wildman–Crippen LogP) is 4.87. The largest absolute Gasteiger partial charge is 0.339 e. The second kappa shape index (κ2) is 7.10. The molecule has 0 radical (unpaired) electrons. The van der Waals surface area contributed by atoms with E-state index in [-0.39, 0.29) is 11.7 Å². The van der Waals surface area contributed by atoms with Crippen LogP contribution in [0.1, 0.15) is 10.4 Å². The number of para-hydroxylation sites is 1. The van der Waals surface area contributed by atoms with Crippen LogP contribution in [0.15, 0.2) is 66.9 Å². The summed E-state index contributed by atoms with van der Waals surface area (Å²) in [5.74, 6) is -0.416. The van der Waals surface area contributed by atoms with E-state index in [9.17, 15) is 9.18 Å². The molecule has 3 aromatic rings. The zero-order chi connectivity index (χ0) is 16.9. The third-order valence-electron chi connectivity index (χ3n) is 3.26. The molecular formula is C18H13ClFN3O. The van der Waals surface area contributed by atoms with E-state index in [2.05, 4.69) is 15.6 Å². The minimum Gasteiger partial charge on any atom is -0.339 e. The number of carbonyl (C=O) groups is 1. The fourth-order valence-corrected chi connectivity index (χ4v) is 2.33. The molecule has 1 aromatic heterocycles. The lowest BCUT2D eigenvalue weighted by atomic mass is 10.2. The first kappa shape index (κ1) is 16.0. The second-order valence-electron chi connectivity index (χ2n) is 4.97. The molecule has 120 valence electrons. The molecule has 0 saturated carbocycles. The van der Waals surface area contributed by atoms with Crippen molar-refractivity contribution in [3.63, 3.8) is 0 Å². The van der Waals surface area contributed by atoms with Crippen molar-refractivity contribution in [3.8, 4) is 0 Å². The lowest BCUT2D eigenvalue weighted by Gasteiger charge is -2.12. The number of halogens is 2. The van der Waals surface area contributed by atoms with Crippen molar-refractivity contribution in [2.75, 3.05) is 10.6 Å². The summed E-state index contributed by atoms with van der Waals surface area (Å²) >= 11 is 6.06. The van der Waals surface area contributed by atoms with Crippen LogP contribution in [0, 0.1) is 5.82 Å². The van der Waals surface area contributed by atoms with Crippen LogP contribution in [-0.4, -0.2) is 10.9 Å². The highest BCUT2D eigenvalue weighted by Crippen LogP contribution is 2.23. The summed E-state index contributed by atoms with van der Waals surface area (Å²) in [4.78, 5) is 16.7. The van der Waals surface area contributed by atoms with Crippen LogP contribution in [0.5, 0.6) is 0 Å². The van der Waals surface area contributed by atoms with E-state index in [4.69, 9.17) is 11.6 Å².